The number of fused-ring (bicyclic) bond motifs is 6. The predicted molar refractivity (Wildman–Crippen MR) is 180 cm³/mol. The molecule has 3 nitrogen and oxygen atoms in total. The normalized spacial score (nSPS) is 14.8. The Bertz CT molecular complexity index is 2190. The Balaban J connectivity index is 1.28. The van der Waals surface area contributed by atoms with Gasteiger partial charge in [0.2, 0.25) is 0 Å². The van der Waals surface area contributed by atoms with Gasteiger partial charge in [-0.3, -0.25) is 0 Å². The fourth-order valence-electron chi connectivity index (χ4n) is 6.26. The van der Waals surface area contributed by atoms with Crippen LogP contribution in [0, 0.1) is 5.92 Å². The summed E-state index contributed by atoms with van der Waals surface area (Å²) in [6.07, 6.45) is 7.63. The Kier molecular flexibility index (Phi) is 6.15. The van der Waals surface area contributed by atoms with Gasteiger partial charge in [0.25, 0.3) is 0 Å². The predicted octanol–water partition coefficient (Wildman–Crippen LogP) is 10.3. The molecule has 1 unspecified atom stereocenters. The number of benzene rings is 6. The average Bonchev–Trinajstić information content (AvgIpc) is 3.08. The third kappa shape index (κ3) is 4.60. The highest BCUT2D eigenvalue weighted by atomic mass is 15.0. The number of hydrogen-bond acceptors (Lipinski definition) is 3. The highest BCUT2D eigenvalue weighted by Crippen LogP contribution is 2.37. The van der Waals surface area contributed by atoms with E-state index in [1.807, 2.05) is 18.2 Å². The van der Waals surface area contributed by atoms with Crippen molar-refractivity contribution in [2.24, 2.45) is 5.92 Å². The lowest BCUT2D eigenvalue weighted by atomic mass is 9.92. The van der Waals surface area contributed by atoms with Crippen LogP contribution in [0.3, 0.4) is 0 Å². The van der Waals surface area contributed by atoms with Gasteiger partial charge in [0.15, 0.2) is 17.5 Å². The van der Waals surface area contributed by atoms with E-state index in [1.165, 1.54) is 37.9 Å². The van der Waals surface area contributed by atoms with Crippen molar-refractivity contribution in [3.63, 3.8) is 0 Å². The SMILES string of the molecule is CC1C=C(c2nc(-c3ccccc3)nc(-c3cccc(-c4ccc5c6ccccc6c6ccccc6c5c4)c3)n2)C=CC1. The van der Waals surface area contributed by atoms with E-state index < -0.39 is 0 Å². The van der Waals surface area contributed by atoms with Crippen LogP contribution in [0.15, 0.2) is 140 Å². The van der Waals surface area contributed by atoms with Gasteiger partial charge in [0.1, 0.15) is 0 Å². The summed E-state index contributed by atoms with van der Waals surface area (Å²) in [4.78, 5) is 14.9. The number of allylic oxidation sites excluding steroid dienone is 4. The molecule has 1 aliphatic carbocycles. The maximum absolute atomic E-state index is 5.01. The number of aromatic nitrogens is 3. The summed E-state index contributed by atoms with van der Waals surface area (Å²) >= 11 is 0. The Labute approximate surface area is 250 Å². The Morgan fingerprint density at radius 1 is 0.465 bits per heavy atom. The molecule has 1 heterocycles. The van der Waals surface area contributed by atoms with Gasteiger partial charge in [0.05, 0.1) is 0 Å². The van der Waals surface area contributed by atoms with Crippen LogP contribution in [-0.2, 0) is 0 Å². The van der Waals surface area contributed by atoms with Gasteiger partial charge in [-0.1, -0.05) is 134 Å². The molecule has 0 saturated heterocycles. The highest BCUT2D eigenvalue weighted by Gasteiger charge is 2.16. The van der Waals surface area contributed by atoms with Crippen molar-refractivity contribution >= 4 is 37.9 Å². The molecule has 1 aromatic heterocycles. The van der Waals surface area contributed by atoms with Gasteiger partial charge in [0, 0.05) is 16.7 Å². The van der Waals surface area contributed by atoms with E-state index in [0.717, 1.165) is 28.7 Å². The van der Waals surface area contributed by atoms with Gasteiger partial charge < -0.3 is 0 Å². The third-order valence-electron chi connectivity index (χ3n) is 8.39. The van der Waals surface area contributed by atoms with Crippen LogP contribution in [0.5, 0.6) is 0 Å². The van der Waals surface area contributed by atoms with E-state index >= 15 is 0 Å². The van der Waals surface area contributed by atoms with Crippen molar-refractivity contribution in [1.82, 2.24) is 15.0 Å². The van der Waals surface area contributed by atoms with Crippen LogP contribution in [0.2, 0.25) is 0 Å². The van der Waals surface area contributed by atoms with E-state index in [9.17, 15) is 0 Å². The summed E-state index contributed by atoms with van der Waals surface area (Å²) in [6.45, 7) is 2.22. The van der Waals surface area contributed by atoms with Crippen molar-refractivity contribution in [3.05, 3.63) is 145 Å². The zero-order valence-electron chi connectivity index (χ0n) is 23.9. The quantitative estimate of drug-likeness (QED) is 0.204. The molecule has 0 saturated carbocycles. The lowest BCUT2D eigenvalue weighted by Gasteiger charge is -2.14. The summed E-state index contributed by atoms with van der Waals surface area (Å²) < 4.78 is 0. The second-order valence-electron chi connectivity index (χ2n) is 11.3. The first-order valence-electron chi connectivity index (χ1n) is 14.9. The Hall–Kier alpha value is -5.41. The first kappa shape index (κ1) is 25.3. The molecular formula is C40H29N3. The molecule has 7 aromatic rings. The number of rotatable bonds is 4. The molecule has 0 fully saturated rings. The number of nitrogens with zero attached hydrogens (tertiary/aromatic N) is 3. The Morgan fingerprint density at radius 2 is 1.00 bits per heavy atom. The van der Waals surface area contributed by atoms with Crippen LogP contribution in [0.4, 0.5) is 0 Å². The van der Waals surface area contributed by atoms with Crippen LogP contribution in [0.1, 0.15) is 19.2 Å². The maximum atomic E-state index is 5.01. The Morgan fingerprint density at radius 3 is 1.70 bits per heavy atom. The molecule has 0 radical (unpaired) electrons. The van der Waals surface area contributed by atoms with Crippen molar-refractivity contribution < 1.29 is 0 Å². The van der Waals surface area contributed by atoms with Crippen LogP contribution in [-0.4, -0.2) is 15.0 Å². The molecule has 43 heavy (non-hydrogen) atoms. The largest absolute Gasteiger partial charge is 0.208 e. The van der Waals surface area contributed by atoms with E-state index in [0.29, 0.717) is 23.4 Å². The monoisotopic (exact) mass is 551 g/mol. The zero-order chi connectivity index (χ0) is 28.8. The average molecular weight is 552 g/mol. The molecule has 1 atom stereocenters. The van der Waals surface area contributed by atoms with E-state index in [2.05, 4.69) is 128 Å². The van der Waals surface area contributed by atoms with Gasteiger partial charge in [-0.15, -0.1) is 0 Å². The first-order valence-corrected chi connectivity index (χ1v) is 14.9. The van der Waals surface area contributed by atoms with Crippen LogP contribution in [0.25, 0.3) is 71.8 Å². The minimum atomic E-state index is 0.449. The molecule has 0 spiro atoms. The molecule has 3 heteroatoms. The summed E-state index contributed by atoms with van der Waals surface area (Å²) in [7, 11) is 0. The highest BCUT2D eigenvalue weighted by molar-refractivity contribution is 6.25. The van der Waals surface area contributed by atoms with Crippen LogP contribution < -0.4 is 0 Å². The molecule has 1 aliphatic rings. The lowest BCUT2D eigenvalue weighted by Crippen LogP contribution is -2.04. The fraction of sp³-hybridized carbons (Fsp3) is 0.0750. The van der Waals surface area contributed by atoms with Gasteiger partial charge in [-0.05, 0) is 67.9 Å². The van der Waals surface area contributed by atoms with Crippen molar-refractivity contribution in [2.45, 2.75) is 13.3 Å². The molecule has 6 aromatic carbocycles. The molecule has 204 valence electrons. The fourth-order valence-corrected chi connectivity index (χ4v) is 6.26. The molecule has 0 aliphatic heterocycles. The van der Waals surface area contributed by atoms with Crippen molar-refractivity contribution in [2.75, 3.05) is 0 Å². The van der Waals surface area contributed by atoms with Gasteiger partial charge in [-0.2, -0.15) is 0 Å². The topological polar surface area (TPSA) is 38.7 Å². The first-order chi connectivity index (χ1) is 21.2. The summed E-state index contributed by atoms with van der Waals surface area (Å²) in [5, 5.41) is 7.65. The van der Waals surface area contributed by atoms with Gasteiger partial charge >= 0.3 is 0 Å². The standard InChI is InChI=1S/C40H29N3/c1-26-11-9-15-30(23-26)39-41-38(27-12-3-2-4-13-27)42-40(43-39)31-16-10-14-28(24-31)29-21-22-36-34-19-6-5-17-32(34)33-18-7-8-20-35(33)37(36)25-29/h2-10,12-26H,11H2,1H3. The maximum Gasteiger partial charge on any atom is 0.164 e. The van der Waals surface area contributed by atoms with E-state index in [1.54, 1.807) is 0 Å². The third-order valence-corrected chi connectivity index (χ3v) is 8.39. The summed E-state index contributed by atoms with van der Waals surface area (Å²) in [5.74, 6) is 2.52. The minimum Gasteiger partial charge on any atom is -0.208 e. The molecular weight excluding hydrogens is 522 g/mol. The number of hydrogen-bond donors (Lipinski definition) is 0. The van der Waals surface area contributed by atoms with E-state index in [-0.39, 0.29) is 0 Å². The van der Waals surface area contributed by atoms with Gasteiger partial charge in [-0.25, -0.2) is 15.0 Å². The van der Waals surface area contributed by atoms with Crippen molar-refractivity contribution in [3.8, 4) is 33.9 Å². The summed E-state index contributed by atoms with van der Waals surface area (Å²) in [5.41, 5.74) is 5.29. The molecule has 8 rings (SSSR count). The lowest BCUT2D eigenvalue weighted by molar-refractivity contribution is 0.738. The second-order valence-corrected chi connectivity index (χ2v) is 11.3. The van der Waals surface area contributed by atoms with E-state index in [4.69, 9.17) is 15.0 Å². The minimum absolute atomic E-state index is 0.449. The summed E-state index contributed by atoms with van der Waals surface area (Å²) in [6, 6.07) is 43.0. The van der Waals surface area contributed by atoms with Crippen LogP contribution >= 0.6 is 0 Å². The smallest absolute Gasteiger partial charge is 0.164 e. The molecule has 0 amide bonds. The zero-order valence-corrected chi connectivity index (χ0v) is 23.9. The second kappa shape index (κ2) is 10.5. The van der Waals surface area contributed by atoms with Crippen molar-refractivity contribution in [1.29, 1.82) is 0 Å². The molecule has 0 N–H and O–H groups in total. The molecule has 0 bridgehead atoms.